The molecule has 5 heteroatoms. The average Bonchev–Trinajstić information content (AvgIpc) is 2.97. The number of hydrogen-bond donors (Lipinski definition) is 0. The minimum atomic E-state index is -0.000437. The summed E-state index contributed by atoms with van der Waals surface area (Å²) in [6, 6.07) is 7.87. The minimum absolute atomic E-state index is 0.000437. The van der Waals surface area contributed by atoms with E-state index >= 15 is 0 Å². The van der Waals surface area contributed by atoms with Gasteiger partial charge in [0.2, 0.25) is 0 Å². The number of aryl methyl sites for hydroxylation is 1. The summed E-state index contributed by atoms with van der Waals surface area (Å²) in [6.07, 6.45) is 4.15. The van der Waals surface area contributed by atoms with Crippen LogP contribution in [0.4, 0.5) is 0 Å². The molecule has 0 radical (unpaired) electrons. The van der Waals surface area contributed by atoms with Crippen molar-refractivity contribution >= 4 is 17.5 Å². The topological polar surface area (TPSA) is 46.1 Å². The fourth-order valence-corrected chi connectivity index (χ4v) is 2.86. The van der Waals surface area contributed by atoms with Crippen LogP contribution in [0.15, 0.2) is 36.7 Å². The second-order valence-electron chi connectivity index (χ2n) is 5.31. The summed E-state index contributed by atoms with van der Waals surface area (Å²) in [5.41, 5.74) is 1.74. The molecule has 0 bridgehead atoms. The number of aromatic nitrogens is 2. The second kappa shape index (κ2) is 5.82. The molecule has 0 aliphatic carbocycles. The molecule has 1 aliphatic rings. The number of nitrogens with zero attached hydrogens (tertiary/aromatic N) is 3. The molecule has 1 aliphatic heterocycles. The summed E-state index contributed by atoms with van der Waals surface area (Å²) < 4.78 is 0. The lowest BCUT2D eigenvalue weighted by atomic mass is 9.99. The van der Waals surface area contributed by atoms with Crippen molar-refractivity contribution in [2.75, 3.05) is 13.1 Å². The van der Waals surface area contributed by atoms with Gasteiger partial charge >= 0.3 is 0 Å². The Morgan fingerprint density at radius 3 is 2.81 bits per heavy atom. The molecule has 0 spiro atoms. The Labute approximate surface area is 128 Å². The first kappa shape index (κ1) is 14.0. The molecule has 4 nitrogen and oxygen atoms in total. The minimum Gasteiger partial charge on any atom is -0.338 e. The maximum atomic E-state index is 12.4. The van der Waals surface area contributed by atoms with Crippen molar-refractivity contribution in [1.82, 2.24) is 14.9 Å². The smallest absolute Gasteiger partial charge is 0.257 e. The SMILES string of the molecule is Cc1ncc(C(=O)N2CC[C@@H](c3cccc(Cl)c3)C2)cn1. The summed E-state index contributed by atoms with van der Waals surface area (Å²) >= 11 is 6.04. The molecule has 108 valence electrons. The third-order valence-corrected chi connectivity index (χ3v) is 4.06. The van der Waals surface area contributed by atoms with Gasteiger partial charge in [-0.2, -0.15) is 0 Å². The second-order valence-corrected chi connectivity index (χ2v) is 5.75. The lowest BCUT2D eigenvalue weighted by molar-refractivity contribution is 0.0790. The van der Waals surface area contributed by atoms with E-state index in [0.717, 1.165) is 18.0 Å². The van der Waals surface area contributed by atoms with E-state index in [9.17, 15) is 4.79 Å². The molecule has 0 unspecified atom stereocenters. The third-order valence-electron chi connectivity index (χ3n) is 3.82. The molecule has 1 fully saturated rings. The zero-order valence-electron chi connectivity index (χ0n) is 11.8. The van der Waals surface area contributed by atoms with Crippen molar-refractivity contribution in [3.8, 4) is 0 Å². The quantitative estimate of drug-likeness (QED) is 0.856. The van der Waals surface area contributed by atoms with Crippen LogP contribution in [0.25, 0.3) is 0 Å². The predicted molar refractivity (Wildman–Crippen MR) is 81.5 cm³/mol. The summed E-state index contributed by atoms with van der Waals surface area (Å²) in [7, 11) is 0. The molecule has 3 rings (SSSR count). The van der Waals surface area contributed by atoms with E-state index in [1.807, 2.05) is 23.1 Å². The first-order chi connectivity index (χ1) is 10.1. The first-order valence-corrected chi connectivity index (χ1v) is 7.34. The van der Waals surface area contributed by atoms with Gasteiger partial charge in [-0.1, -0.05) is 23.7 Å². The van der Waals surface area contributed by atoms with Gasteiger partial charge in [-0.15, -0.1) is 0 Å². The van der Waals surface area contributed by atoms with Gasteiger partial charge in [-0.25, -0.2) is 9.97 Å². The lowest BCUT2D eigenvalue weighted by Crippen LogP contribution is -2.28. The zero-order valence-corrected chi connectivity index (χ0v) is 12.5. The predicted octanol–water partition coefficient (Wildman–Crippen LogP) is 3.07. The van der Waals surface area contributed by atoms with Crippen LogP contribution in [0.3, 0.4) is 0 Å². The van der Waals surface area contributed by atoms with E-state index in [1.54, 1.807) is 19.3 Å². The third kappa shape index (κ3) is 3.05. The summed E-state index contributed by atoms with van der Waals surface area (Å²) in [5, 5.41) is 0.740. The van der Waals surface area contributed by atoms with Crippen LogP contribution >= 0.6 is 11.6 Å². The highest BCUT2D eigenvalue weighted by Crippen LogP contribution is 2.29. The van der Waals surface area contributed by atoms with Gasteiger partial charge < -0.3 is 4.90 Å². The molecular weight excluding hydrogens is 286 g/mol. The van der Waals surface area contributed by atoms with Crippen LogP contribution < -0.4 is 0 Å². The molecular formula is C16H16ClN3O. The van der Waals surface area contributed by atoms with Crippen LogP contribution in [-0.2, 0) is 0 Å². The van der Waals surface area contributed by atoms with Gasteiger partial charge in [0.15, 0.2) is 0 Å². The molecule has 21 heavy (non-hydrogen) atoms. The Balaban J connectivity index is 1.72. The van der Waals surface area contributed by atoms with E-state index in [2.05, 4.69) is 16.0 Å². The number of likely N-dealkylation sites (tertiary alicyclic amines) is 1. The highest BCUT2D eigenvalue weighted by molar-refractivity contribution is 6.30. The molecule has 1 saturated heterocycles. The summed E-state index contributed by atoms with van der Waals surface area (Å²) in [5.74, 6) is 1.02. The van der Waals surface area contributed by atoms with Crippen molar-refractivity contribution in [3.63, 3.8) is 0 Å². The van der Waals surface area contributed by atoms with Crippen molar-refractivity contribution in [1.29, 1.82) is 0 Å². The average molecular weight is 302 g/mol. The zero-order chi connectivity index (χ0) is 14.8. The van der Waals surface area contributed by atoms with E-state index in [1.165, 1.54) is 5.56 Å². The van der Waals surface area contributed by atoms with Gasteiger partial charge in [-0.05, 0) is 31.0 Å². The summed E-state index contributed by atoms with van der Waals surface area (Å²) in [4.78, 5) is 22.5. The van der Waals surface area contributed by atoms with Crippen LogP contribution in [0.1, 0.15) is 34.1 Å². The highest BCUT2D eigenvalue weighted by Gasteiger charge is 2.28. The standard InChI is InChI=1S/C16H16ClN3O/c1-11-18-8-14(9-19-11)16(21)20-6-5-13(10-20)12-3-2-4-15(17)7-12/h2-4,7-9,13H,5-6,10H2,1H3/t13-/m1/s1. The fourth-order valence-electron chi connectivity index (χ4n) is 2.66. The number of halogens is 1. The van der Waals surface area contributed by atoms with Crippen molar-refractivity contribution in [2.24, 2.45) is 0 Å². The Kier molecular flexibility index (Phi) is 3.88. The number of carbonyl (C=O) groups is 1. The number of rotatable bonds is 2. The van der Waals surface area contributed by atoms with Gasteiger partial charge in [0, 0.05) is 36.4 Å². The first-order valence-electron chi connectivity index (χ1n) is 6.97. The van der Waals surface area contributed by atoms with E-state index in [-0.39, 0.29) is 5.91 Å². The molecule has 1 aromatic carbocycles. The molecule has 1 atom stereocenters. The van der Waals surface area contributed by atoms with E-state index in [0.29, 0.717) is 23.9 Å². The van der Waals surface area contributed by atoms with Crippen molar-refractivity contribution in [2.45, 2.75) is 19.3 Å². The van der Waals surface area contributed by atoms with Gasteiger partial charge in [-0.3, -0.25) is 4.79 Å². The molecule has 1 aromatic heterocycles. The van der Waals surface area contributed by atoms with Crippen LogP contribution in [0.2, 0.25) is 5.02 Å². The Hall–Kier alpha value is -1.94. The molecule has 2 heterocycles. The highest BCUT2D eigenvalue weighted by atomic mass is 35.5. The molecule has 1 amide bonds. The molecule has 0 saturated carbocycles. The Morgan fingerprint density at radius 2 is 2.10 bits per heavy atom. The van der Waals surface area contributed by atoms with Gasteiger partial charge in [0.05, 0.1) is 5.56 Å². The van der Waals surface area contributed by atoms with Crippen molar-refractivity contribution in [3.05, 3.63) is 58.6 Å². The lowest BCUT2D eigenvalue weighted by Gasteiger charge is -2.16. The number of benzene rings is 1. The Morgan fingerprint density at radius 1 is 1.33 bits per heavy atom. The van der Waals surface area contributed by atoms with Crippen LogP contribution in [0, 0.1) is 6.92 Å². The van der Waals surface area contributed by atoms with Gasteiger partial charge in [0.1, 0.15) is 5.82 Å². The van der Waals surface area contributed by atoms with E-state index < -0.39 is 0 Å². The van der Waals surface area contributed by atoms with Crippen LogP contribution in [0.5, 0.6) is 0 Å². The number of carbonyl (C=O) groups excluding carboxylic acids is 1. The maximum Gasteiger partial charge on any atom is 0.257 e. The van der Waals surface area contributed by atoms with E-state index in [4.69, 9.17) is 11.6 Å². The molecule has 2 aromatic rings. The van der Waals surface area contributed by atoms with Crippen molar-refractivity contribution < 1.29 is 4.79 Å². The normalized spacial score (nSPS) is 18.0. The number of hydrogen-bond acceptors (Lipinski definition) is 3. The number of amides is 1. The molecule has 0 N–H and O–H groups in total. The fraction of sp³-hybridized carbons (Fsp3) is 0.312. The van der Waals surface area contributed by atoms with Gasteiger partial charge in [0.25, 0.3) is 5.91 Å². The summed E-state index contributed by atoms with van der Waals surface area (Å²) in [6.45, 7) is 3.27. The monoisotopic (exact) mass is 301 g/mol. The maximum absolute atomic E-state index is 12.4. The largest absolute Gasteiger partial charge is 0.338 e. The Bertz CT molecular complexity index is 657. The van der Waals surface area contributed by atoms with Crippen LogP contribution in [-0.4, -0.2) is 33.9 Å².